The third kappa shape index (κ3) is 4.76. The molecule has 0 N–H and O–H groups in total. The summed E-state index contributed by atoms with van der Waals surface area (Å²) in [5.74, 6) is -2.86. The van der Waals surface area contributed by atoms with Crippen molar-refractivity contribution in [1.82, 2.24) is 0 Å². The molecule has 13 heteroatoms. The number of ether oxygens (including phenoxy) is 2. The van der Waals surface area contributed by atoms with E-state index in [9.17, 15) is 36.0 Å². The molecule has 3 aromatic carbocycles. The summed E-state index contributed by atoms with van der Waals surface area (Å²) in [5.41, 5.74) is -6.29. The molecule has 1 aliphatic rings. The summed E-state index contributed by atoms with van der Waals surface area (Å²) >= 11 is 0. The largest absolute Gasteiger partial charge is 0.534 e. The minimum Gasteiger partial charge on any atom is -0.493 e. The first-order chi connectivity index (χ1) is 17.9. The summed E-state index contributed by atoms with van der Waals surface area (Å²) in [4.78, 5) is 39.5. The second-order valence-electron chi connectivity index (χ2n) is 8.06. The van der Waals surface area contributed by atoms with Gasteiger partial charge in [-0.05, 0) is 55.1 Å². The van der Waals surface area contributed by atoms with Crippen LogP contribution in [0.5, 0.6) is 17.2 Å². The van der Waals surface area contributed by atoms with Crippen molar-refractivity contribution in [2.45, 2.75) is 32.2 Å². The Morgan fingerprint density at radius 2 is 1.61 bits per heavy atom. The van der Waals surface area contributed by atoms with Crippen molar-refractivity contribution in [2.24, 2.45) is 0 Å². The number of imide groups is 1. The average molecular weight is 551 g/mol. The molecule has 9 nitrogen and oxygen atoms in total. The summed E-state index contributed by atoms with van der Waals surface area (Å²) in [6.45, 7) is 3.53. The van der Waals surface area contributed by atoms with Crippen LogP contribution in [0.3, 0.4) is 0 Å². The number of benzene rings is 3. The zero-order chi connectivity index (χ0) is 27.8. The zero-order valence-electron chi connectivity index (χ0n) is 20.0. The van der Waals surface area contributed by atoms with E-state index in [4.69, 9.17) is 9.47 Å². The van der Waals surface area contributed by atoms with Gasteiger partial charge in [-0.2, -0.15) is 21.6 Å². The average Bonchev–Trinajstić information content (AvgIpc) is 3.09. The van der Waals surface area contributed by atoms with Crippen LogP contribution in [-0.2, 0) is 14.9 Å². The van der Waals surface area contributed by atoms with E-state index in [0.717, 1.165) is 11.0 Å². The topological polar surface area (TPSA) is 116 Å². The Hall–Kier alpha value is -4.13. The predicted octanol–water partition coefficient (Wildman–Crippen LogP) is 4.97. The van der Waals surface area contributed by atoms with Gasteiger partial charge in [0.15, 0.2) is 5.75 Å². The van der Waals surface area contributed by atoms with Gasteiger partial charge in [0.05, 0.1) is 23.4 Å². The van der Waals surface area contributed by atoms with Gasteiger partial charge in [-0.1, -0.05) is 19.1 Å². The number of anilines is 1. The third-order valence-electron chi connectivity index (χ3n) is 5.49. The van der Waals surface area contributed by atoms with Crippen LogP contribution in [0.2, 0.25) is 0 Å². The number of alkyl halides is 3. The van der Waals surface area contributed by atoms with E-state index in [1.54, 1.807) is 6.92 Å². The number of rotatable bonds is 8. The molecule has 0 saturated heterocycles. The lowest BCUT2D eigenvalue weighted by atomic mass is 9.98. The Labute approximate surface area is 214 Å². The number of carbonyl (C=O) groups is 3. The minimum absolute atomic E-state index is 0.0169. The number of halogens is 3. The Bertz CT molecular complexity index is 1550. The van der Waals surface area contributed by atoms with E-state index in [1.807, 2.05) is 6.92 Å². The first-order valence-corrected chi connectivity index (χ1v) is 12.7. The lowest BCUT2D eigenvalue weighted by molar-refractivity contribution is -0.134. The molecule has 0 unspecified atom stereocenters. The molecule has 0 saturated carbocycles. The summed E-state index contributed by atoms with van der Waals surface area (Å²) in [7, 11) is -6.08. The van der Waals surface area contributed by atoms with Gasteiger partial charge in [-0.15, -0.1) is 0 Å². The molecule has 4 rings (SSSR count). The van der Waals surface area contributed by atoms with Crippen LogP contribution in [-0.4, -0.2) is 38.3 Å². The second-order valence-corrected chi connectivity index (χ2v) is 9.60. The van der Waals surface area contributed by atoms with Crippen molar-refractivity contribution in [2.75, 3.05) is 11.5 Å². The molecular weight excluding hydrogens is 531 g/mol. The lowest BCUT2D eigenvalue weighted by Crippen LogP contribution is -2.29. The van der Waals surface area contributed by atoms with Gasteiger partial charge in [0, 0.05) is 11.8 Å². The molecule has 0 fully saturated rings. The van der Waals surface area contributed by atoms with Crippen LogP contribution in [0.4, 0.5) is 18.9 Å². The number of hydrogen-bond acceptors (Lipinski definition) is 8. The van der Waals surface area contributed by atoms with Crippen molar-refractivity contribution in [3.05, 3.63) is 59.7 Å². The van der Waals surface area contributed by atoms with Crippen molar-refractivity contribution >= 4 is 44.4 Å². The summed E-state index contributed by atoms with van der Waals surface area (Å²) in [5, 5.41) is -0.187. The third-order valence-corrected chi connectivity index (χ3v) is 6.45. The van der Waals surface area contributed by atoms with Crippen LogP contribution >= 0.6 is 0 Å². The number of amides is 2. The fourth-order valence-corrected chi connectivity index (χ4v) is 4.40. The van der Waals surface area contributed by atoms with E-state index >= 15 is 0 Å². The van der Waals surface area contributed by atoms with Crippen molar-refractivity contribution in [3.8, 4) is 17.2 Å². The van der Waals surface area contributed by atoms with E-state index < -0.39 is 39.2 Å². The maximum Gasteiger partial charge on any atom is 0.534 e. The molecular formula is C25H20F3NO8S. The Morgan fingerprint density at radius 1 is 0.947 bits per heavy atom. The zero-order valence-corrected chi connectivity index (χ0v) is 20.8. The van der Waals surface area contributed by atoms with Gasteiger partial charge in [0.1, 0.15) is 11.5 Å². The van der Waals surface area contributed by atoms with Crippen LogP contribution < -0.4 is 18.6 Å². The van der Waals surface area contributed by atoms with E-state index in [-0.39, 0.29) is 52.1 Å². The highest BCUT2D eigenvalue weighted by Gasteiger charge is 2.49. The molecule has 200 valence electrons. The molecule has 38 heavy (non-hydrogen) atoms. The van der Waals surface area contributed by atoms with Gasteiger partial charge in [0.2, 0.25) is 0 Å². The summed E-state index contributed by atoms with van der Waals surface area (Å²) < 4.78 is 77.7. The molecule has 0 aromatic heterocycles. The predicted molar refractivity (Wildman–Crippen MR) is 129 cm³/mol. The quantitative estimate of drug-likeness (QED) is 0.127. The lowest BCUT2D eigenvalue weighted by Gasteiger charge is -2.15. The number of esters is 1. The van der Waals surface area contributed by atoms with Crippen LogP contribution in [0.15, 0.2) is 48.5 Å². The van der Waals surface area contributed by atoms with E-state index in [2.05, 4.69) is 4.18 Å². The van der Waals surface area contributed by atoms with Gasteiger partial charge in [-0.3, -0.25) is 14.4 Å². The molecule has 0 spiro atoms. The maximum atomic E-state index is 13.6. The van der Waals surface area contributed by atoms with E-state index in [1.165, 1.54) is 42.5 Å². The Morgan fingerprint density at radius 3 is 2.21 bits per heavy atom. The normalized spacial score (nSPS) is 13.6. The number of nitrogens with zero attached hydrogens (tertiary/aromatic N) is 1. The highest BCUT2D eigenvalue weighted by atomic mass is 32.2. The van der Waals surface area contributed by atoms with Gasteiger partial charge < -0.3 is 13.7 Å². The molecule has 1 heterocycles. The standard InChI is InChI=1S/C25H20F3NO8S/c1-3-6-19(30)36-16-11-9-15(10-12-16)29-23(31)21-18(35-4-2)13-14-7-5-8-17(20(14)22(21)24(29)32)37-38(33,34)25(26,27)28/h5,7-13H,3-4,6H2,1-2H3. The molecule has 0 bridgehead atoms. The monoisotopic (exact) mass is 551 g/mol. The number of fused-ring (bicyclic) bond motifs is 3. The van der Waals surface area contributed by atoms with Gasteiger partial charge in [0.25, 0.3) is 11.8 Å². The fraction of sp³-hybridized carbons (Fsp3) is 0.240. The minimum atomic E-state index is -6.08. The summed E-state index contributed by atoms with van der Waals surface area (Å²) in [6, 6.07) is 10.4. The first-order valence-electron chi connectivity index (χ1n) is 11.3. The SMILES string of the molecule is CCCC(=O)Oc1ccc(N2C(=O)c3c(OCC)cc4cccc(OS(=O)(=O)C(F)(F)F)c4c3C2=O)cc1. The highest BCUT2D eigenvalue weighted by Crippen LogP contribution is 2.43. The van der Waals surface area contributed by atoms with Gasteiger partial charge in [-0.25, -0.2) is 4.90 Å². The highest BCUT2D eigenvalue weighted by molar-refractivity contribution is 7.88. The molecule has 1 aliphatic heterocycles. The summed E-state index contributed by atoms with van der Waals surface area (Å²) in [6.07, 6.45) is 0.778. The van der Waals surface area contributed by atoms with Crippen LogP contribution in [0, 0.1) is 0 Å². The number of hydrogen-bond donors (Lipinski definition) is 0. The molecule has 3 aromatic rings. The maximum absolute atomic E-state index is 13.6. The van der Waals surface area contributed by atoms with Crippen LogP contribution in [0.25, 0.3) is 10.8 Å². The first kappa shape index (κ1) is 26.9. The fourth-order valence-electron chi connectivity index (χ4n) is 3.93. The molecule has 0 radical (unpaired) electrons. The van der Waals surface area contributed by atoms with Crippen molar-refractivity contribution in [1.29, 1.82) is 0 Å². The van der Waals surface area contributed by atoms with E-state index in [0.29, 0.717) is 6.42 Å². The van der Waals surface area contributed by atoms with Gasteiger partial charge >= 0.3 is 21.6 Å². The molecule has 0 aliphatic carbocycles. The Kier molecular flexibility index (Phi) is 7.06. The molecule has 2 amide bonds. The Balaban J connectivity index is 1.84. The smallest absolute Gasteiger partial charge is 0.493 e. The molecule has 0 atom stereocenters. The van der Waals surface area contributed by atoms with Crippen LogP contribution in [0.1, 0.15) is 47.4 Å². The van der Waals surface area contributed by atoms with Crippen molar-refractivity contribution in [3.63, 3.8) is 0 Å². The number of carbonyl (C=O) groups excluding carboxylic acids is 3. The van der Waals surface area contributed by atoms with Crippen molar-refractivity contribution < 1.29 is 49.6 Å². The second kappa shape index (κ2) is 9.97.